The van der Waals surface area contributed by atoms with Crippen molar-refractivity contribution in [1.29, 1.82) is 0 Å². The highest BCUT2D eigenvalue weighted by Crippen LogP contribution is 2.32. The highest BCUT2D eigenvalue weighted by Gasteiger charge is 2.05. The molecule has 0 aliphatic heterocycles. The number of fused-ring (bicyclic) bond motifs is 5. The predicted octanol–water partition coefficient (Wildman–Crippen LogP) is 5.13. The van der Waals surface area contributed by atoms with Gasteiger partial charge in [0.1, 0.15) is 0 Å². The maximum atomic E-state index is 5.60. The Kier molecular flexibility index (Phi) is 2.28. The molecular weight excluding hydrogens is 240 g/mol. The van der Waals surface area contributed by atoms with E-state index in [1.54, 1.807) is 0 Å². The minimum Gasteiger partial charge on any atom is -0.115 e. The quantitative estimate of drug-likeness (QED) is 0.301. The second-order valence-electron chi connectivity index (χ2n) is 4.99. The molecule has 0 spiro atoms. The van der Waals surface area contributed by atoms with E-state index < -0.39 is 0 Å². The molecule has 20 heavy (non-hydrogen) atoms. The Morgan fingerprint density at radius 2 is 1.20 bits per heavy atom. The van der Waals surface area contributed by atoms with Crippen molar-refractivity contribution >= 4 is 32.3 Å². The minimum absolute atomic E-state index is 0.956. The van der Waals surface area contributed by atoms with E-state index in [4.69, 9.17) is 6.42 Å². The molecule has 0 saturated carbocycles. The Labute approximate surface area is 117 Å². The smallest absolute Gasteiger partial charge is 0.0321 e. The fourth-order valence-electron chi connectivity index (χ4n) is 2.98. The molecule has 0 N–H and O–H groups in total. The third kappa shape index (κ3) is 1.44. The summed E-state index contributed by atoms with van der Waals surface area (Å²) in [5.41, 5.74) is 0.956. The van der Waals surface area contributed by atoms with Gasteiger partial charge in [0.25, 0.3) is 0 Å². The van der Waals surface area contributed by atoms with Gasteiger partial charge in [-0.15, -0.1) is 6.42 Å². The fourth-order valence-corrected chi connectivity index (χ4v) is 2.98. The first-order valence-electron chi connectivity index (χ1n) is 6.68. The fraction of sp³-hybridized carbons (Fsp3) is 0. The van der Waals surface area contributed by atoms with E-state index in [0.717, 1.165) is 10.9 Å². The first-order chi connectivity index (χ1) is 9.88. The molecule has 0 aromatic heterocycles. The molecule has 0 radical (unpaired) electrons. The average Bonchev–Trinajstić information content (AvgIpc) is 2.53. The van der Waals surface area contributed by atoms with Crippen molar-refractivity contribution in [2.45, 2.75) is 0 Å². The van der Waals surface area contributed by atoms with Crippen molar-refractivity contribution in [3.05, 3.63) is 72.3 Å². The summed E-state index contributed by atoms with van der Waals surface area (Å²) in [6.07, 6.45) is 5.60. The molecule has 0 fully saturated rings. The molecule has 0 aliphatic rings. The van der Waals surface area contributed by atoms with Gasteiger partial charge in [0.15, 0.2) is 0 Å². The van der Waals surface area contributed by atoms with E-state index in [1.807, 2.05) is 12.1 Å². The van der Waals surface area contributed by atoms with Gasteiger partial charge in [-0.05, 0) is 38.4 Å². The Morgan fingerprint density at radius 3 is 2.10 bits per heavy atom. The van der Waals surface area contributed by atoms with Gasteiger partial charge in [0.2, 0.25) is 0 Å². The summed E-state index contributed by atoms with van der Waals surface area (Å²) in [6.45, 7) is 0. The minimum atomic E-state index is 0.956. The number of terminal acetylenes is 1. The largest absolute Gasteiger partial charge is 0.115 e. The number of benzene rings is 4. The monoisotopic (exact) mass is 252 g/mol. The van der Waals surface area contributed by atoms with Crippen LogP contribution in [-0.4, -0.2) is 0 Å². The molecule has 0 atom stereocenters. The first-order valence-corrected chi connectivity index (χ1v) is 6.68. The van der Waals surface area contributed by atoms with Crippen molar-refractivity contribution in [2.24, 2.45) is 0 Å². The van der Waals surface area contributed by atoms with Crippen LogP contribution in [-0.2, 0) is 0 Å². The summed E-state index contributed by atoms with van der Waals surface area (Å²) < 4.78 is 0. The zero-order valence-electron chi connectivity index (χ0n) is 10.9. The summed E-state index contributed by atoms with van der Waals surface area (Å²) >= 11 is 0. The number of hydrogen-bond acceptors (Lipinski definition) is 0. The lowest BCUT2D eigenvalue weighted by atomic mass is 9.95. The first kappa shape index (κ1) is 11.1. The maximum Gasteiger partial charge on any atom is 0.0321 e. The third-order valence-corrected chi connectivity index (χ3v) is 3.94. The topological polar surface area (TPSA) is 0 Å². The predicted molar refractivity (Wildman–Crippen MR) is 86.9 cm³/mol. The van der Waals surface area contributed by atoms with Gasteiger partial charge in [-0.2, -0.15) is 0 Å². The van der Waals surface area contributed by atoms with Crippen LogP contribution in [0.5, 0.6) is 0 Å². The summed E-state index contributed by atoms with van der Waals surface area (Å²) in [6, 6.07) is 23.4. The van der Waals surface area contributed by atoms with E-state index in [1.165, 1.54) is 26.9 Å². The van der Waals surface area contributed by atoms with Gasteiger partial charge in [0, 0.05) is 5.56 Å². The van der Waals surface area contributed by atoms with Gasteiger partial charge >= 0.3 is 0 Å². The van der Waals surface area contributed by atoms with Crippen LogP contribution in [0, 0.1) is 12.3 Å². The van der Waals surface area contributed by atoms with Crippen LogP contribution in [0.2, 0.25) is 0 Å². The standard InChI is InChI=1S/C20H12/c1-2-14-7-5-9-18-17(14)12-13-19-16-8-4-3-6-15(16)10-11-20(18)19/h1,3-13H. The summed E-state index contributed by atoms with van der Waals surface area (Å²) in [5.74, 6) is 2.77. The number of hydrogen-bond donors (Lipinski definition) is 0. The van der Waals surface area contributed by atoms with Crippen LogP contribution >= 0.6 is 0 Å². The van der Waals surface area contributed by atoms with Gasteiger partial charge in [-0.25, -0.2) is 0 Å². The van der Waals surface area contributed by atoms with Crippen LogP contribution in [0.1, 0.15) is 5.56 Å². The van der Waals surface area contributed by atoms with Gasteiger partial charge in [0.05, 0.1) is 0 Å². The number of rotatable bonds is 0. The molecule has 4 aromatic rings. The van der Waals surface area contributed by atoms with Crippen molar-refractivity contribution in [2.75, 3.05) is 0 Å². The molecule has 92 valence electrons. The average molecular weight is 252 g/mol. The lowest BCUT2D eigenvalue weighted by Gasteiger charge is -2.08. The Hall–Kier alpha value is -2.78. The van der Waals surface area contributed by atoms with Crippen molar-refractivity contribution in [1.82, 2.24) is 0 Å². The van der Waals surface area contributed by atoms with Crippen LogP contribution in [0.15, 0.2) is 66.7 Å². The van der Waals surface area contributed by atoms with Crippen LogP contribution in [0.3, 0.4) is 0 Å². The van der Waals surface area contributed by atoms with Crippen molar-refractivity contribution in [3.8, 4) is 12.3 Å². The molecule has 0 saturated heterocycles. The maximum absolute atomic E-state index is 5.60. The van der Waals surface area contributed by atoms with Crippen molar-refractivity contribution in [3.63, 3.8) is 0 Å². The van der Waals surface area contributed by atoms with E-state index in [9.17, 15) is 0 Å². The van der Waals surface area contributed by atoms with E-state index >= 15 is 0 Å². The molecule has 4 rings (SSSR count). The molecule has 0 unspecified atom stereocenters. The molecule has 0 aliphatic carbocycles. The molecule has 0 heteroatoms. The second-order valence-corrected chi connectivity index (χ2v) is 4.99. The lowest BCUT2D eigenvalue weighted by molar-refractivity contribution is 1.73. The summed E-state index contributed by atoms with van der Waals surface area (Å²) in [4.78, 5) is 0. The van der Waals surface area contributed by atoms with E-state index in [-0.39, 0.29) is 0 Å². The van der Waals surface area contributed by atoms with E-state index in [2.05, 4.69) is 60.5 Å². The van der Waals surface area contributed by atoms with Crippen molar-refractivity contribution < 1.29 is 0 Å². The second kappa shape index (κ2) is 4.11. The zero-order chi connectivity index (χ0) is 13.5. The van der Waals surface area contributed by atoms with E-state index in [0.29, 0.717) is 0 Å². The van der Waals surface area contributed by atoms with Gasteiger partial charge in [-0.1, -0.05) is 66.6 Å². The zero-order valence-corrected chi connectivity index (χ0v) is 10.9. The third-order valence-electron chi connectivity index (χ3n) is 3.94. The van der Waals surface area contributed by atoms with Crippen LogP contribution in [0.4, 0.5) is 0 Å². The summed E-state index contributed by atoms with van der Waals surface area (Å²) in [5, 5.41) is 7.48. The normalized spacial score (nSPS) is 10.9. The Balaban J connectivity index is 2.27. The molecule has 0 nitrogen and oxygen atoms in total. The molecular formula is C20H12. The van der Waals surface area contributed by atoms with Crippen LogP contribution in [0.25, 0.3) is 32.3 Å². The van der Waals surface area contributed by atoms with Gasteiger partial charge < -0.3 is 0 Å². The molecule has 0 bridgehead atoms. The Morgan fingerprint density at radius 1 is 0.550 bits per heavy atom. The molecule has 0 heterocycles. The molecule has 4 aromatic carbocycles. The molecule has 0 amide bonds. The van der Waals surface area contributed by atoms with Crippen LogP contribution < -0.4 is 0 Å². The van der Waals surface area contributed by atoms with Gasteiger partial charge in [-0.3, -0.25) is 0 Å². The highest BCUT2D eigenvalue weighted by atomic mass is 14.1. The SMILES string of the molecule is C#Cc1cccc2c1ccc1c3ccccc3ccc21. The lowest BCUT2D eigenvalue weighted by Crippen LogP contribution is -1.83. The Bertz CT molecular complexity index is 1000. The highest BCUT2D eigenvalue weighted by molar-refractivity contribution is 6.17. The summed E-state index contributed by atoms with van der Waals surface area (Å²) in [7, 11) is 0.